The van der Waals surface area contributed by atoms with Crippen molar-refractivity contribution in [3.8, 4) is 27.9 Å². The third-order valence-electron chi connectivity index (χ3n) is 8.11. The summed E-state index contributed by atoms with van der Waals surface area (Å²) in [6.07, 6.45) is 4.33. The van der Waals surface area contributed by atoms with Crippen molar-refractivity contribution in [3.63, 3.8) is 0 Å². The van der Waals surface area contributed by atoms with Gasteiger partial charge in [-0.25, -0.2) is 0 Å². The van der Waals surface area contributed by atoms with E-state index in [-0.39, 0.29) is 0 Å². The molecular formula is C36H22N2S. The maximum atomic E-state index is 2.39. The third kappa shape index (κ3) is 3.05. The lowest BCUT2D eigenvalue weighted by Crippen LogP contribution is -1.93. The van der Waals surface area contributed by atoms with Gasteiger partial charge >= 0.3 is 0 Å². The molecule has 0 bridgehead atoms. The van der Waals surface area contributed by atoms with Crippen LogP contribution in [0.4, 0.5) is 0 Å². The van der Waals surface area contributed by atoms with Crippen LogP contribution in [0.5, 0.6) is 0 Å². The summed E-state index contributed by atoms with van der Waals surface area (Å²) in [6, 6.07) is 44.5. The number of pyridine rings is 1. The van der Waals surface area contributed by atoms with Gasteiger partial charge < -0.3 is 8.97 Å². The van der Waals surface area contributed by atoms with Crippen molar-refractivity contribution in [2.24, 2.45) is 0 Å². The summed E-state index contributed by atoms with van der Waals surface area (Å²) >= 11 is 1.88. The quantitative estimate of drug-likeness (QED) is 0.223. The Morgan fingerprint density at radius 1 is 0.538 bits per heavy atom. The molecular weight excluding hydrogens is 492 g/mol. The summed E-state index contributed by atoms with van der Waals surface area (Å²) in [5.74, 6) is 0. The molecule has 0 aliphatic carbocycles. The second kappa shape index (κ2) is 7.89. The number of nitrogens with zero attached hydrogens (tertiary/aromatic N) is 2. The number of para-hydroxylation sites is 1. The standard InChI is InChI=1S/C36H22N2S/c1-2-12-32-28(10-1)30-19-24(14-16-33(30)38(32)27-21-26-9-3-4-18-37(26)22-27)25-15-17-34-31(20-25)29-11-5-7-23-8-6-13-35(39-34)36(23)29/h1-22H. The molecule has 0 N–H and O–H groups in total. The first-order chi connectivity index (χ1) is 19.3. The maximum absolute atomic E-state index is 2.39. The van der Waals surface area contributed by atoms with Crippen molar-refractivity contribution in [2.75, 3.05) is 0 Å². The summed E-state index contributed by atoms with van der Waals surface area (Å²) in [7, 11) is 0. The van der Waals surface area contributed by atoms with E-state index in [1.165, 1.54) is 75.8 Å². The van der Waals surface area contributed by atoms with E-state index in [4.69, 9.17) is 0 Å². The molecule has 182 valence electrons. The van der Waals surface area contributed by atoms with Gasteiger partial charge in [0.05, 0.1) is 16.7 Å². The predicted molar refractivity (Wildman–Crippen MR) is 164 cm³/mol. The Morgan fingerprint density at radius 2 is 1.36 bits per heavy atom. The van der Waals surface area contributed by atoms with Crippen molar-refractivity contribution in [3.05, 3.63) is 134 Å². The fourth-order valence-corrected chi connectivity index (χ4v) is 7.46. The molecule has 0 saturated heterocycles. The SMILES string of the molecule is c1cc2c3c(cccc3c1)-c1cc(-c3ccc4c(c3)c3ccccc3n4-c3cc4ccccn4c3)ccc1S2. The van der Waals surface area contributed by atoms with Gasteiger partial charge in [-0.3, -0.25) is 0 Å². The molecule has 2 nitrogen and oxygen atoms in total. The van der Waals surface area contributed by atoms with Crippen LogP contribution in [0.2, 0.25) is 0 Å². The molecule has 0 radical (unpaired) electrons. The minimum atomic E-state index is 1.18. The summed E-state index contributed by atoms with van der Waals surface area (Å²) < 4.78 is 4.58. The highest BCUT2D eigenvalue weighted by Gasteiger charge is 2.20. The molecule has 3 heteroatoms. The molecule has 4 heterocycles. The molecule has 0 amide bonds. The lowest BCUT2D eigenvalue weighted by molar-refractivity contribution is 1.14. The second-order valence-electron chi connectivity index (χ2n) is 10.3. The van der Waals surface area contributed by atoms with E-state index < -0.39 is 0 Å². The number of aromatic nitrogens is 2. The highest BCUT2D eigenvalue weighted by Crippen LogP contribution is 2.49. The van der Waals surface area contributed by atoms with Crippen molar-refractivity contribution >= 4 is 49.9 Å². The first kappa shape index (κ1) is 21.2. The molecule has 0 saturated carbocycles. The monoisotopic (exact) mass is 514 g/mol. The zero-order valence-corrected chi connectivity index (χ0v) is 21.8. The largest absolute Gasteiger partial charge is 0.322 e. The fraction of sp³-hybridized carbons (Fsp3) is 0. The van der Waals surface area contributed by atoms with E-state index in [1.54, 1.807) is 0 Å². The van der Waals surface area contributed by atoms with Gasteiger partial charge in [0.25, 0.3) is 0 Å². The molecule has 0 spiro atoms. The smallest absolute Gasteiger partial charge is 0.0649 e. The summed E-state index contributed by atoms with van der Waals surface area (Å²) in [4.78, 5) is 2.67. The van der Waals surface area contributed by atoms with E-state index in [9.17, 15) is 0 Å². The van der Waals surface area contributed by atoms with Crippen molar-refractivity contribution in [1.82, 2.24) is 8.97 Å². The Hall–Kier alpha value is -4.73. The Labute approximate surface area is 229 Å². The van der Waals surface area contributed by atoms with Crippen LogP contribution in [-0.4, -0.2) is 8.97 Å². The Balaban J connectivity index is 1.25. The van der Waals surface area contributed by atoms with Crippen LogP contribution in [0, 0.1) is 0 Å². The number of rotatable bonds is 2. The predicted octanol–water partition coefficient (Wildman–Crippen LogP) is 9.99. The van der Waals surface area contributed by atoms with E-state index in [0.717, 1.165) is 0 Å². The van der Waals surface area contributed by atoms with E-state index in [1.807, 2.05) is 11.8 Å². The Kier molecular flexibility index (Phi) is 4.29. The number of hydrogen-bond donors (Lipinski definition) is 0. The number of fused-ring (bicyclic) bond motifs is 6. The normalized spacial score (nSPS) is 12.5. The molecule has 39 heavy (non-hydrogen) atoms. The molecule has 0 atom stereocenters. The molecule has 0 fully saturated rings. The van der Waals surface area contributed by atoms with Crippen molar-refractivity contribution in [1.29, 1.82) is 0 Å². The molecule has 1 aliphatic rings. The van der Waals surface area contributed by atoms with Gasteiger partial charge in [0.2, 0.25) is 0 Å². The summed E-state index contributed by atoms with van der Waals surface area (Å²) in [5, 5.41) is 5.23. The van der Waals surface area contributed by atoms with E-state index >= 15 is 0 Å². The summed E-state index contributed by atoms with van der Waals surface area (Å²) in [5.41, 5.74) is 9.97. The molecule has 1 aliphatic heterocycles. The fourth-order valence-electron chi connectivity index (χ4n) is 6.34. The van der Waals surface area contributed by atoms with Crippen LogP contribution in [0.15, 0.2) is 144 Å². The van der Waals surface area contributed by atoms with Gasteiger partial charge in [-0.05, 0) is 82.2 Å². The Bertz CT molecular complexity index is 2230. The van der Waals surface area contributed by atoms with Crippen LogP contribution in [-0.2, 0) is 0 Å². The lowest BCUT2D eigenvalue weighted by Gasteiger charge is -2.21. The lowest BCUT2D eigenvalue weighted by atomic mass is 9.94. The highest BCUT2D eigenvalue weighted by atomic mass is 32.2. The number of hydrogen-bond acceptors (Lipinski definition) is 1. The van der Waals surface area contributed by atoms with E-state index in [0.29, 0.717) is 0 Å². The van der Waals surface area contributed by atoms with Crippen LogP contribution in [0.3, 0.4) is 0 Å². The molecule has 0 unspecified atom stereocenters. The van der Waals surface area contributed by atoms with Crippen LogP contribution in [0.1, 0.15) is 0 Å². The molecule has 5 aromatic carbocycles. The summed E-state index contributed by atoms with van der Waals surface area (Å²) in [6.45, 7) is 0. The van der Waals surface area contributed by atoms with Gasteiger partial charge in [-0.2, -0.15) is 0 Å². The van der Waals surface area contributed by atoms with Crippen molar-refractivity contribution in [2.45, 2.75) is 9.79 Å². The van der Waals surface area contributed by atoms with Crippen LogP contribution in [0.25, 0.3) is 66.0 Å². The van der Waals surface area contributed by atoms with Gasteiger partial charge in [-0.15, -0.1) is 0 Å². The third-order valence-corrected chi connectivity index (χ3v) is 9.25. The molecule has 3 aromatic heterocycles. The van der Waals surface area contributed by atoms with Gasteiger partial charge in [-0.1, -0.05) is 78.5 Å². The zero-order valence-electron chi connectivity index (χ0n) is 21.0. The average molecular weight is 515 g/mol. The van der Waals surface area contributed by atoms with Gasteiger partial charge in [0.15, 0.2) is 0 Å². The van der Waals surface area contributed by atoms with Crippen molar-refractivity contribution < 1.29 is 0 Å². The average Bonchev–Trinajstić information content (AvgIpc) is 3.56. The topological polar surface area (TPSA) is 9.34 Å². The first-order valence-corrected chi connectivity index (χ1v) is 14.1. The number of benzene rings is 5. The highest BCUT2D eigenvalue weighted by molar-refractivity contribution is 7.99. The first-order valence-electron chi connectivity index (χ1n) is 13.3. The van der Waals surface area contributed by atoms with Gasteiger partial charge in [0, 0.05) is 43.9 Å². The maximum Gasteiger partial charge on any atom is 0.0649 e. The molecule has 8 aromatic rings. The zero-order chi connectivity index (χ0) is 25.5. The van der Waals surface area contributed by atoms with Crippen LogP contribution < -0.4 is 0 Å². The second-order valence-corrected chi connectivity index (χ2v) is 11.4. The van der Waals surface area contributed by atoms with E-state index in [2.05, 4.69) is 143 Å². The van der Waals surface area contributed by atoms with Gasteiger partial charge in [0.1, 0.15) is 0 Å². The minimum Gasteiger partial charge on any atom is -0.322 e. The minimum absolute atomic E-state index is 1.18. The Morgan fingerprint density at radius 3 is 2.31 bits per heavy atom. The molecule has 9 rings (SSSR count). The van der Waals surface area contributed by atoms with Crippen LogP contribution >= 0.6 is 11.8 Å².